The van der Waals surface area contributed by atoms with Crippen molar-refractivity contribution in [1.29, 1.82) is 0 Å². The summed E-state index contributed by atoms with van der Waals surface area (Å²) in [6, 6.07) is 32.5. The SMILES string of the molecule is CCc1cc(Cl)cc(CC)c1NC(=O)CN1C[C@H](c2cc(OC)c3c(c2)OCO3)C(C(=O)O)[C@@H]1c1ccc(CCCOC)cc1.CCc1cccc(CC)c1NC(=O)CN1C[C@H](c2ccc3c(c2C)OCO3)C(C(=O)O)[C@@H]1c1ccc(CCCOC)cc1. The fraction of sp³-hybridized carbons (Fsp3) is 0.429. The lowest BCUT2D eigenvalue weighted by Crippen LogP contribution is -2.35. The number of nitrogens with zero attached hydrogens (tertiary/aromatic N) is 2. The number of carboxylic acid groups (broad SMARTS) is 2. The van der Waals surface area contributed by atoms with Crippen LogP contribution < -0.4 is 34.3 Å². The van der Waals surface area contributed by atoms with Crippen molar-refractivity contribution in [2.75, 3.05) is 84.9 Å². The normalized spacial score (nSPS) is 19.3. The zero-order chi connectivity index (χ0) is 62.6. The Labute approximate surface area is 521 Å². The van der Waals surface area contributed by atoms with Crippen molar-refractivity contribution < 1.29 is 62.5 Å². The summed E-state index contributed by atoms with van der Waals surface area (Å²) in [6.45, 7) is 12.6. The Kier molecular flexibility index (Phi) is 22.1. The minimum atomic E-state index is -0.937. The molecule has 468 valence electrons. The van der Waals surface area contributed by atoms with Gasteiger partial charge in [-0.05, 0) is 150 Å². The summed E-state index contributed by atoms with van der Waals surface area (Å²) in [4.78, 5) is 57.5. The average Bonchev–Trinajstić information content (AvgIpc) is 1.87. The fourth-order valence-electron chi connectivity index (χ4n) is 13.3. The highest BCUT2D eigenvalue weighted by Crippen LogP contribution is 2.52. The van der Waals surface area contributed by atoms with Crippen molar-refractivity contribution in [1.82, 2.24) is 9.80 Å². The number of halogens is 1. The molecule has 0 aliphatic carbocycles. The van der Waals surface area contributed by atoms with E-state index in [4.69, 9.17) is 44.8 Å². The molecule has 2 fully saturated rings. The average molecular weight is 1220 g/mol. The second-order valence-electron chi connectivity index (χ2n) is 22.9. The third kappa shape index (κ3) is 14.6. The highest BCUT2D eigenvalue weighted by atomic mass is 35.5. The lowest BCUT2D eigenvalue weighted by molar-refractivity contribution is -0.144. The number of benzene rings is 6. The predicted octanol–water partition coefficient (Wildman–Crippen LogP) is 12.2. The van der Waals surface area contributed by atoms with E-state index in [1.54, 1.807) is 21.3 Å². The molecule has 6 aromatic rings. The van der Waals surface area contributed by atoms with Crippen LogP contribution in [0.2, 0.25) is 5.02 Å². The van der Waals surface area contributed by atoms with E-state index < -0.39 is 41.8 Å². The van der Waals surface area contributed by atoms with E-state index in [1.165, 1.54) is 5.56 Å². The van der Waals surface area contributed by atoms with Gasteiger partial charge in [0, 0.05) is 80.8 Å². The van der Waals surface area contributed by atoms with Crippen LogP contribution in [0.3, 0.4) is 0 Å². The molecule has 2 saturated heterocycles. The van der Waals surface area contributed by atoms with Gasteiger partial charge in [0.2, 0.25) is 31.1 Å². The molecule has 2 unspecified atom stereocenters. The van der Waals surface area contributed by atoms with Crippen LogP contribution in [0.4, 0.5) is 11.4 Å². The maximum absolute atomic E-state index is 13.7. The molecule has 0 bridgehead atoms. The predicted molar refractivity (Wildman–Crippen MR) is 339 cm³/mol. The van der Waals surface area contributed by atoms with Crippen LogP contribution in [0.15, 0.2) is 103 Å². The Morgan fingerprint density at radius 1 is 0.568 bits per heavy atom. The number of hydrogen-bond donors (Lipinski definition) is 4. The quantitative estimate of drug-likeness (QED) is 0.0394. The number of aliphatic carboxylic acids is 2. The number of carbonyl (C=O) groups excluding carboxylic acids is 2. The number of para-hydroxylation sites is 1. The first-order chi connectivity index (χ1) is 42.6. The number of rotatable bonds is 25. The van der Waals surface area contributed by atoms with Crippen LogP contribution in [0.1, 0.15) is 126 Å². The molecular formula is C70H83ClN4O13. The molecule has 4 aliphatic rings. The third-order valence-corrected chi connectivity index (χ3v) is 17.8. The van der Waals surface area contributed by atoms with E-state index in [0.29, 0.717) is 72.9 Å². The molecule has 0 saturated carbocycles. The van der Waals surface area contributed by atoms with Crippen molar-refractivity contribution in [3.8, 4) is 28.7 Å². The second kappa shape index (κ2) is 30.0. The molecule has 4 aliphatic heterocycles. The first-order valence-electron chi connectivity index (χ1n) is 30.6. The Bertz CT molecular complexity index is 3380. The highest BCUT2D eigenvalue weighted by Gasteiger charge is 2.50. The van der Waals surface area contributed by atoms with Crippen LogP contribution in [-0.4, -0.2) is 118 Å². The Morgan fingerprint density at radius 2 is 1.05 bits per heavy atom. The van der Waals surface area contributed by atoms with E-state index >= 15 is 0 Å². The number of likely N-dealkylation sites (tertiary alicyclic amines) is 2. The number of carbonyl (C=O) groups is 4. The molecule has 0 spiro atoms. The van der Waals surface area contributed by atoms with Gasteiger partial charge in [-0.15, -0.1) is 0 Å². The van der Waals surface area contributed by atoms with Gasteiger partial charge in [0.05, 0.1) is 32.0 Å². The minimum Gasteiger partial charge on any atom is -0.493 e. The van der Waals surface area contributed by atoms with Gasteiger partial charge in [0.1, 0.15) is 0 Å². The first-order valence-corrected chi connectivity index (χ1v) is 31.0. The molecule has 17 nitrogen and oxygen atoms in total. The smallest absolute Gasteiger partial charge is 0.309 e. The largest absolute Gasteiger partial charge is 0.493 e. The molecule has 6 aromatic carbocycles. The van der Waals surface area contributed by atoms with Gasteiger partial charge in [-0.2, -0.15) is 0 Å². The summed E-state index contributed by atoms with van der Waals surface area (Å²) in [6.07, 6.45) is 6.56. The van der Waals surface area contributed by atoms with Crippen molar-refractivity contribution >= 4 is 46.7 Å². The zero-order valence-electron chi connectivity index (χ0n) is 51.8. The van der Waals surface area contributed by atoms with Gasteiger partial charge in [0.15, 0.2) is 23.0 Å². The second-order valence-corrected chi connectivity index (χ2v) is 23.3. The molecule has 0 radical (unpaired) electrons. The van der Waals surface area contributed by atoms with Gasteiger partial charge >= 0.3 is 11.9 Å². The summed E-state index contributed by atoms with van der Waals surface area (Å²) in [5, 5.41) is 28.4. The van der Waals surface area contributed by atoms with E-state index in [1.807, 2.05) is 122 Å². The van der Waals surface area contributed by atoms with Crippen molar-refractivity contribution in [2.45, 2.75) is 110 Å². The van der Waals surface area contributed by atoms with E-state index in [-0.39, 0.29) is 44.4 Å². The highest BCUT2D eigenvalue weighted by molar-refractivity contribution is 6.30. The Balaban J connectivity index is 0.000000210. The van der Waals surface area contributed by atoms with Crippen LogP contribution in [0.25, 0.3) is 0 Å². The topological polar surface area (TPSA) is 204 Å². The van der Waals surface area contributed by atoms with Crippen LogP contribution in [-0.2, 0) is 67.2 Å². The van der Waals surface area contributed by atoms with Crippen LogP contribution >= 0.6 is 11.6 Å². The number of amides is 2. The number of nitrogens with one attached hydrogen (secondary N) is 2. The summed E-state index contributed by atoms with van der Waals surface area (Å²) in [7, 11) is 4.93. The summed E-state index contributed by atoms with van der Waals surface area (Å²) >= 11 is 6.36. The fourth-order valence-corrected chi connectivity index (χ4v) is 13.6. The third-order valence-electron chi connectivity index (χ3n) is 17.6. The lowest BCUT2D eigenvalue weighted by Gasteiger charge is -2.27. The standard InChI is InChI=1S/C35H41ClN2O7.C35H42N2O6/c1-5-22-14-26(36)15-23(6-2)32(22)37-30(39)19-38-18-27(25-16-28(43-4)34-29(17-25)44-20-45-34)31(35(40)41)33(38)24-11-9-21(10-12-24)8-7-13-42-3;1-5-24-10-7-11-25(6-2)32(24)36-30(38)20-37-19-28(27-16-17-29-34(22(27)3)43-21-42-29)31(35(39)40)33(37)26-14-12-23(13-15-26)9-8-18-41-4/h9-12,14-17,27,31,33H,5-8,13,18-20H2,1-4H3,(H,37,39)(H,40,41);7,10-17,28,31,33H,5-6,8-9,18-21H2,1-4H3,(H,36,38)(H,39,40)/t27-,31?,33+;28-,31?,33+/m11/s1. The van der Waals surface area contributed by atoms with Crippen molar-refractivity contribution in [3.05, 3.63) is 169 Å². The zero-order valence-corrected chi connectivity index (χ0v) is 52.5. The molecule has 10 rings (SSSR count). The number of fused-ring (bicyclic) bond motifs is 2. The van der Waals surface area contributed by atoms with E-state index in [0.717, 1.165) is 106 Å². The Hall–Kier alpha value is -7.67. The summed E-state index contributed by atoms with van der Waals surface area (Å²) in [5.41, 5.74) is 12.3. The van der Waals surface area contributed by atoms with Crippen molar-refractivity contribution in [2.24, 2.45) is 11.8 Å². The first kappa shape index (κ1) is 64.8. The Morgan fingerprint density at radius 3 is 1.53 bits per heavy atom. The van der Waals surface area contributed by atoms with Crippen molar-refractivity contribution in [3.63, 3.8) is 0 Å². The van der Waals surface area contributed by atoms with Crippen LogP contribution in [0.5, 0.6) is 28.7 Å². The number of methoxy groups -OCH3 is 3. The lowest BCUT2D eigenvalue weighted by atomic mass is 9.81. The number of ether oxygens (including phenoxy) is 7. The molecule has 6 atom stereocenters. The molecular weight excluding hydrogens is 1140 g/mol. The van der Waals surface area contributed by atoms with Gasteiger partial charge in [-0.1, -0.05) is 112 Å². The maximum Gasteiger partial charge on any atom is 0.309 e. The number of hydrogen-bond acceptors (Lipinski definition) is 13. The molecule has 0 aromatic heterocycles. The van der Waals surface area contributed by atoms with E-state index in [2.05, 4.69) is 36.6 Å². The molecule has 88 heavy (non-hydrogen) atoms. The molecule has 2 amide bonds. The van der Waals surface area contributed by atoms with Gasteiger partial charge < -0.3 is 54.0 Å². The van der Waals surface area contributed by atoms with Crippen LogP contribution in [0, 0.1) is 18.8 Å². The summed E-state index contributed by atoms with van der Waals surface area (Å²) < 4.78 is 38.5. The minimum absolute atomic E-state index is 0.0111. The van der Waals surface area contributed by atoms with Gasteiger partial charge in [-0.3, -0.25) is 29.0 Å². The van der Waals surface area contributed by atoms with Gasteiger partial charge in [-0.25, -0.2) is 0 Å². The molecule has 4 N–H and O–H groups in total. The summed E-state index contributed by atoms with van der Waals surface area (Å²) in [5.74, 6) is -1.74. The number of carboxylic acids is 2. The number of aryl methyl sites for hydroxylation is 6. The van der Waals surface area contributed by atoms with E-state index in [9.17, 15) is 29.4 Å². The monoisotopic (exact) mass is 1220 g/mol. The van der Waals surface area contributed by atoms with Gasteiger partial charge in [0.25, 0.3) is 0 Å². The molecule has 4 heterocycles. The number of anilines is 2. The maximum atomic E-state index is 13.7. The molecule has 18 heteroatoms.